The van der Waals surface area contributed by atoms with E-state index in [-0.39, 0.29) is 5.91 Å². The molecule has 1 fully saturated rings. The van der Waals surface area contributed by atoms with Crippen molar-refractivity contribution in [2.75, 3.05) is 46.0 Å². The van der Waals surface area contributed by atoms with Crippen molar-refractivity contribution in [3.63, 3.8) is 0 Å². The van der Waals surface area contributed by atoms with Crippen LogP contribution >= 0.6 is 0 Å². The van der Waals surface area contributed by atoms with Crippen LogP contribution in [0, 0.1) is 4.91 Å². The lowest BCUT2D eigenvalue weighted by Gasteiger charge is -2.31. The number of carbonyl (C=O) groups is 1. The van der Waals surface area contributed by atoms with Gasteiger partial charge in [0.25, 0.3) is 5.91 Å². The summed E-state index contributed by atoms with van der Waals surface area (Å²) < 4.78 is 11.4. The number of nitroso groups, excluding NO2 is 1. The van der Waals surface area contributed by atoms with Gasteiger partial charge in [-0.3, -0.25) is 9.69 Å². The topological polar surface area (TPSA) is 71.4 Å². The zero-order chi connectivity index (χ0) is 22.6. The minimum absolute atomic E-state index is 0.0846. The number of hydrogen-bond donors (Lipinski definition) is 0. The molecule has 0 N–H and O–H groups in total. The maximum Gasteiger partial charge on any atom is 0.257 e. The van der Waals surface area contributed by atoms with Crippen molar-refractivity contribution < 1.29 is 14.3 Å². The number of ether oxygens (including phenoxy) is 2. The van der Waals surface area contributed by atoms with Crippen molar-refractivity contribution >= 4 is 5.91 Å². The summed E-state index contributed by atoms with van der Waals surface area (Å²) in [5, 5.41) is 3.39. The summed E-state index contributed by atoms with van der Waals surface area (Å²) in [4.78, 5) is 29.0. The van der Waals surface area contributed by atoms with E-state index in [0.717, 1.165) is 45.6 Å². The fourth-order valence-corrected chi connectivity index (χ4v) is 5.22. The zero-order valence-corrected chi connectivity index (χ0v) is 18.9. The molecule has 0 radical (unpaired) electrons. The highest BCUT2D eigenvalue weighted by Gasteiger charge is 2.29. The van der Waals surface area contributed by atoms with Gasteiger partial charge in [0.15, 0.2) is 0 Å². The van der Waals surface area contributed by atoms with Gasteiger partial charge in [0.05, 0.1) is 12.1 Å². The Hall–Kier alpha value is -2.77. The molecule has 1 saturated heterocycles. The van der Waals surface area contributed by atoms with Crippen LogP contribution in [-0.2, 0) is 17.7 Å². The Bertz CT molecular complexity index is 1000. The van der Waals surface area contributed by atoms with Gasteiger partial charge in [0.1, 0.15) is 18.4 Å². The minimum Gasteiger partial charge on any atom is -0.491 e. The summed E-state index contributed by atoms with van der Waals surface area (Å²) >= 11 is 0. The Labute approximate surface area is 194 Å². The Morgan fingerprint density at radius 3 is 2.64 bits per heavy atom. The van der Waals surface area contributed by atoms with Gasteiger partial charge in [-0.15, -0.1) is 0 Å². The Kier molecular flexibility index (Phi) is 6.69. The largest absolute Gasteiger partial charge is 0.491 e. The van der Waals surface area contributed by atoms with Crippen LogP contribution in [0.1, 0.15) is 45.8 Å². The fraction of sp³-hybridized carbons (Fsp3) is 0.500. The van der Waals surface area contributed by atoms with Gasteiger partial charge in [-0.1, -0.05) is 35.5 Å². The first-order valence-corrected chi connectivity index (χ1v) is 12.0. The molecule has 3 heterocycles. The monoisotopic (exact) mass is 449 g/mol. The molecule has 7 heteroatoms. The quantitative estimate of drug-likeness (QED) is 0.630. The molecule has 1 atom stereocenters. The summed E-state index contributed by atoms with van der Waals surface area (Å²) in [5.41, 5.74) is 4.46. The van der Waals surface area contributed by atoms with E-state index in [2.05, 4.69) is 34.3 Å². The van der Waals surface area contributed by atoms with E-state index in [1.807, 2.05) is 18.2 Å². The molecule has 0 aromatic heterocycles. The van der Waals surface area contributed by atoms with Crippen LogP contribution in [0.3, 0.4) is 0 Å². The average Bonchev–Trinajstić information content (AvgIpc) is 3.02. The summed E-state index contributed by atoms with van der Waals surface area (Å²) in [5.74, 6) is 1.01. The van der Waals surface area contributed by atoms with Crippen molar-refractivity contribution in [1.82, 2.24) is 9.80 Å². The third kappa shape index (κ3) is 4.94. The first-order chi connectivity index (χ1) is 16.2. The lowest BCUT2D eigenvalue weighted by molar-refractivity contribution is 0.0734. The molecule has 3 aliphatic rings. The molecule has 174 valence electrons. The molecule has 0 spiro atoms. The second-order valence-corrected chi connectivity index (χ2v) is 9.25. The van der Waals surface area contributed by atoms with Crippen LogP contribution in [0.25, 0.3) is 0 Å². The van der Waals surface area contributed by atoms with Crippen LogP contribution < -0.4 is 4.74 Å². The van der Waals surface area contributed by atoms with Crippen LogP contribution in [0.2, 0.25) is 0 Å². The predicted molar refractivity (Wildman–Crippen MR) is 126 cm³/mol. The molecular formula is C26H31N3O4. The highest BCUT2D eigenvalue weighted by Crippen LogP contribution is 2.32. The number of rotatable bonds is 6. The molecule has 0 aliphatic carbocycles. The van der Waals surface area contributed by atoms with E-state index in [1.165, 1.54) is 16.7 Å². The maximum atomic E-state index is 13.3. The first kappa shape index (κ1) is 22.0. The van der Waals surface area contributed by atoms with E-state index < -0.39 is 6.04 Å². The molecule has 7 nitrogen and oxygen atoms in total. The second-order valence-electron chi connectivity index (χ2n) is 9.25. The minimum atomic E-state index is -0.470. The van der Waals surface area contributed by atoms with E-state index >= 15 is 0 Å². The standard InChI is InChI=1S/C26H31N3O4/c30-26-24-6-5-21(20-8-12-32-13-9-20)15-25(24)33-14-11-29(26)18-23(27-31)17-28-10-7-19-3-1-2-4-22(19)16-28/h1-6,15,20,23H,7-14,16-18H2. The molecule has 1 amide bonds. The van der Waals surface area contributed by atoms with Gasteiger partial charge >= 0.3 is 0 Å². The SMILES string of the molecule is O=NC(CN1CCc2ccccc2C1)CN1CCOc2cc(C3CCOCC3)ccc2C1=O. The summed E-state index contributed by atoms with van der Waals surface area (Å²) in [6.07, 6.45) is 2.96. The third-order valence-electron chi connectivity index (χ3n) is 7.09. The van der Waals surface area contributed by atoms with Crippen molar-refractivity contribution in [1.29, 1.82) is 0 Å². The Morgan fingerprint density at radius 2 is 1.82 bits per heavy atom. The number of nitrogens with zero attached hydrogens (tertiary/aromatic N) is 3. The zero-order valence-electron chi connectivity index (χ0n) is 18.9. The number of hydrogen-bond acceptors (Lipinski definition) is 6. The Morgan fingerprint density at radius 1 is 1.00 bits per heavy atom. The van der Waals surface area contributed by atoms with Crippen molar-refractivity contribution in [2.24, 2.45) is 5.18 Å². The summed E-state index contributed by atoms with van der Waals surface area (Å²) in [6, 6.07) is 13.9. The van der Waals surface area contributed by atoms with Crippen LogP contribution in [0.5, 0.6) is 5.75 Å². The van der Waals surface area contributed by atoms with Crippen molar-refractivity contribution in [2.45, 2.75) is 37.8 Å². The molecule has 2 aromatic carbocycles. The van der Waals surface area contributed by atoms with Gasteiger partial charge in [0, 0.05) is 39.4 Å². The van der Waals surface area contributed by atoms with E-state index in [1.54, 1.807) is 4.90 Å². The number of fused-ring (bicyclic) bond motifs is 2. The van der Waals surface area contributed by atoms with Gasteiger partial charge in [-0.05, 0) is 54.0 Å². The second kappa shape index (κ2) is 10.0. The Balaban J connectivity index is 1.25. The molecule has 1 unspecified atom stereocenters. The van der Waals surface area contributed by atoms with E-state index in [4.69, 9.17) is 9.47 Å². The molecule has 0 bridgehead atoms. The molecule has 3 aliphatic heterocycles. The predicted octanol–water partition coefficient (Wildman–Crippen LogP) is 3.61. The first-order valence-electron chi connectivity index (χ1n) is 12.0. The third-order valence-corrected chi connectivity index (χ3v) is 7.09. The molecule has 0 saturated carbocycles. The van der Waals surface area contributed by atoms with Crippen molar-refractivity contribution in [3.05, 3.63) is 69.6 Å². The molecule has 33 heavy (non-hydrogen) atoms. The van der Waals surface area contributed by atoms with Gasteiger partial charge in [-0.25, -0.2) is 0 Å². The van der Waals surface area contributed by atoms with E-state index in [9.17, 15) is 9.70 Å². The van der Waals surface area contributed by atoms with Crippen molar-refractivity contribution in [3.8, 4) is 5.75 Å². The number of benzene rings is 2. The molecule has 5 rings (SSSR count). The van der Waals surface area contributed by atoms with Crippen LogP contribution in [0.15, 0.2) is 47.6 Å². The number of amides is 1. The smallest absolute Gasteiger partial charge is 0.257 e. The normalized spacial score (nSPS) is 20.4. The fourth-order valence-electron chi connectivity index (χ4n) is 5.22. The number of carbonyl (C=O) groups excluding carboxylic acids is 1. The summed E-state index contributed by atoms with van der Waals surface area (Å²) in [6.45, 7) is 5.00. The van der Waals surface area contributed by atoms with E-state index in [0.29, 0.717) is 43.5 Å². The van der Waals surface area contributed by atoms with Gasteiger partial charge in [0.2, 0.25) is 0 Å². The molecule has 2 aromatic rings. The van der Waals surface area contributed by atoms with Gasteiger partial charge < -0.3 is 14.4 Å². The lowest BCUT2D eigenvalue weighted by atomic mass is 9.91. The highest BCUT2D eigenvalue weighted by molar-refractivity contribution is 5.97. The van der Waals surface area contributed by atoms with Crippen LogP contribution in [0.4, 0.5) is 0 Å². The maximum absolute atomic E-state index is 13.3. The summed E-state index contributed by atoms with van der Waals surface area (Å²) in [7, 11) is 0. The average molecular weight is 450 g/mol. The van der Waals surface area contributed by atoms with Crippen LogP contribution in [-0.4, -0.2) is 67.7 Å². The lowest BCUT2D eigenvalue weighted by Crippen LogP contribution is -2.43. The highest BCUT2D eigenvalue weighted by atomic mass is 16.5. The van der Waals surface area contributed by atoms with Gasteiger partial charge in [-0.2, -0.15) is 4.91 Å². The molecular weight excluding hydrogens is 418 g/mol.